The lowest BCUT2D eigenvalue weighted by Gasteiger charge is -2.35. The molecule has 2 rings (SSSR count). The number of ether oxygens (including phenoxy) is 1. The second-order valence-electron chi connectivity index (χ2n) is 5.65. The standard InChI is InChI=1S/C17H14F6N2O3/c1-28-13-7-10(12(18)9-24-13)8-25-14(26)15(27,11-5-3-2-4-6-11)16(19,20)17(21,22)23/h2-7,9,27H,8H2,1H3,(H,25,26)/t15-/m1/s1. The molecule has 152 valence electrons. The van der Waals surface area contributed by atoms with E-state index in [0.717, 1.165) is 30.3 Å². The van der Waals surface area contributed by atoms with E-state index in [2.05, 4.69) is 4.98 Å². The van der Waals surface area contributed by atoms with Crippen molar-refractivity contribution in [1.29, 1.82) is 0 Å². The second-order valence-corrected chi connectivity index (χ2v) is 5.65. The minimum absolute atomic E-state index is 0.0791. The van der Waals surface area contributed by atoms with Crippen LogP contribution < -0.4 is 10.1 Å². The van der Waals surface area contributed by atoms with Crippen LogP contribution in [-0.2, 0) is 16.9 Å². The Labute approximate surface area is 155 Å². The van der Waals surface area contributed by atoms with E-state index in [1.165, 1.54) is 13.2 Å². The first kappa shape index (κ1) is 21.5. The van der Waals surface area contributed by atoms with E-state index in [1.54, 1.807) is 5.32 Å². The van der Waals surface area contributed by atoms with E-state index in [-0.39, 0.29) is 11.4 Å². The van der Waals surface area contributed by atoms with Crippen molar-refractivity contribution < 1.29 is 41.0 Å². The normalized spacial score (nSPS) is 14.3. The number of carbonyl (C=O) groups excluding carboxylic acids is 1. The molecular formula is C17H14F6N2O3. The molecule has 1 aromatic heterocycles. The van der Waals surface area contributed by atoms with E-state index in [9.17, 15) is 36.2 Å². The lowest BCUT2D eigenvalue weighted by molar-refractivity contribution is -0.337. The number of hydrogen-bond donors (Lipinski definition) is 2. The van der Waals surface area contributed by atoms with Crippen molar-refractivity contribution in [2.24, 2.45) is 0 Å². The average molecular weight is 408 g/mol. The first-order valence-electron chi connectivity index (χ1n) is 7.64. The van der Waals surface area contributed by atoms with Crippen LogP contribution in [0, 0.1) is 5.82 Å². The topological polar surface area (TPSA) is 71.5 Å². The fraction of sp³-hybridized carbons (Fsp3) is 0.294. The van der Waals surface area contributed by atoms with Gasteiger partial charge in [-0.2, -0.15) is 22.0 Å². The van der Waals surface area contributed by atoms with Crippen molar-refractivity contribution in [1.82, 2.24) is 10.3 Å². The number of pyridine rings is 1. The summed E-state index contributed by atoms with van der Waals surface area (Å²) in [6.07, 6.45) is -5.52. The van der Waals surface area contributed by atoms with Crippen molar-refractivity contribution >= 4 is 5.91 Å². The minimum atomic E-state index is -6.24. The largest absolute Gasteiger partial charge is 0.481 e. The Bertz CT molecular complexity index is 845. The summed E-state index contributed by atoms with van der Waals surface area (Å²) in [4.78, 5) is 15.8. The van der Waals surface area contributed by atoms with Crippen LogP contribution in [0.1, 0.15) is 11.1 Å². The number of aromatic nitrogens is 1. The highest BCUT2D eigenvalue weighted by Crippen LogP contribution is 2.48. The molecule has 1 aromatic carbocycles. The minimum Gasteiger partial charge on any atom is -0.481 e. The molecule has 2 aromatic rings. The van der Waals surface area contributed by atoms with Crippen molar-refractivity contribution in [3.63, 3.8) is 0 Å². The summed E-state index contributed by atoms with van der Waals surface area (Å²) in [5, 5.41) is 12.0. The Morgan fingerprint density at radius 3 is 2.32 bits per heavy atom. The molecule has 11 heteroatoms. The van der Waals surface area contributed by atoms with Crippen LogP contribution in [0.15, 0.2) is 42.6 Å². The Hall–Kier alpha value is -2.82. The molecule has 0 bridgehead atoms. The first-order valence-corrected chi connectivity index (χ1v) is 7.64. The van der Waals surface area contributed by atoms with E-state index in [0.29, 0.717) is 6.20 Å². The van der Waals surface area contributed by atoms with Crippen molar-refractivity contribution in [3.8, 4) is 5.88 Å². The number of amides is 1. The van der Waals surface area contributed by atoms with Crippen LogP contribution in [0.5, 0.6) is 5.88 Å². The Balaban J connectivity index is 2.41. The molecular weight excluding hydrogens is 394 g/mol. The zero-order valence-electron chi connectivity index (χ0n) is 14.2. The van der Waals surface area contributed by atoms with Gasteiger partial charge in [0.15, 0.2) is 0 Å². The van der Waals surface area contributed by atoms with E-state index < -0.39 is 41.5 Å². The average Bonchev–Trinajstić information content (AvgIpc) is 2.66. The molecule has 0 fully saturated rings. The zero-order chi connectivity index (χ0) is 21.2. The molecule has 0 radical (unpaired) electrons. The third-order valence-electron chi connectivity index (χ3n) is 3.89. The highest BCUT2D eigenvalue weighted by atomic mass is 19.4. The molecule has 5 nitrogen and oxygen atoms in total. The molecule has 0 saturated carbocycles. The number of alkyl halides is 5. The summed E-state index contributed by atoms with van der Waals surface area (Å²) in [5.74, 6) is -8.94. The third-order valence-corrected chi connectivity index (χ3v) is 3.89. The Morgan fingerprint density at radius 1 is 1.18 bits per heavy atom. The van der Waals surface area contributed by atoms with Crippen LogP contribution in [0.4, 0.5) is 26.3 Å². The number of methoxy groups -OCH3 is 1. The molecule has 2 N–H and O–H groups in total. The molecule has 1 amide bonds. The van der Waals surface area contributed by atoms with Crippen LogP contribution in [0.3, 0.4) is 0 Å². The van der Waals surface area contributed by atoms with Crippen LogP contribution in [0.25, 0.3) is 0 Å². The predicted octanol–water partition coefficient (Wildman–Crippen LogP) is 2.93. The predicted molar refractivity (Wildman–Crippen MR) is 83.9 cm³/mol. The van der Waals surface area contributed by atoms with Crippen LogP contribution >= 0.6 is 0 Å². The first-order chi connectivity index (χ1) is 12.9. The number of nitrogens with zero attached hydrogens (tertiary/aromatic N) is 1. The van der Waals surface area contributed by atoms with Gasteiger partial charge < -0.3 is 15.2 Å². The van der Waals surface area contributed by atoms with Gasteiger partial charge in [0.05, 0.1) is 13.3 Å². The number of carbonyl (C=O) groups is 1. The van der Waals surface area contributed by atoms with E-state index in [1.807, 2.05) is 0 Å². The number of aliphatic hydroxyl groups is 1. The van der Waals surface area contributed by atoms with Gasteiger partial charge in [0.2, 0.25) is 11.5 Å². The third kappa shape index (κ3) is 3.75. The van der Waals surface area contributed by atoms with E-state index in [4.69, 9.17) is 4.74 Å². The van der Waals surface area contributed by atoms with Gasteiger partial charge in [0, 0.05) is 18.2 Å². The summed E-state index contributed by atoms with van der Waals surface area (Å²) in [6.45, 7) is -0.799. The smallest absolute Gasteiger partial charge is 0.457 e. The lowest BCUT2D eigenvalue weighted by atomic mass is 9.85. The van der Waals surface area contributed by atoms with Crippen molar-refractivity contribution in [2.75, 3.05) is 7.11 Å². The highest BCUT2D eigenvalue weighted by molar-refractivity contribution is 5.87. The number of benzene rings is 1. The van der Waals surface area contributed by atoms with Gasteiger partial charge >= 0.3 is 12.1 Å². The Morgan fingerprint density at radius 2 is 1.79 bits per heavy atom. The number of nitrogens with one attached hydrogen (secondary N) is 1. The maximum Gasteiger partial charge on any atom is 0.457 e. The van der Waals surface area contributed by atoms with Gasteiger partial charge in [0.1, 0.15) is 5.82 Å². The summed E-state index contributed by atoms with van der Waals surface area (Å²) in [5.41, 5.74) is -5.56. The number of halogens is 6. The lowest BCUT2D eigenvalue weighted by Crippen LogP contribution is -2.62. The van der Waals surface area contributed by atoms with Gasteiger partial charge in [-0.3, -0.25) is 4.79 Å². The maximum absolute atomic E-state index is 14.1. The second kappa shape index (κ2) is 7.66. The summed E-state index contributed by atoms with van der Waals surface area (Å²) < 4.78 is 85.5. The molecule has 0 spiro atoms. The van der Waals surface area contributed by atoms with Crippen molar-refractivity contribution in [3.05, 3.63) is 59.5 Å². The summed E-state index contributed by atoms with van der Waals surface area (Å²) in [7, 11) is 1.21. The van der Waals surface area contributed by atoms with Gasteiger partial charge in [0.25, 0.3) is 5.91 Å². The molecule has 0 aliphatic heterocycles. The molecule has 1 atom stereocenters. The van der Waals surface area contributed by atoms with Crippen molar-refractivity contribution in [2.45, 2.75) is 24.2 Å². The molecule has 0 aliphatic rings. The zero-order valence-corrected chi connectivity index (χ0v) is 14.2. The maximum atomic E-state index is 14.1. The monoisotopic (exact) mass is 408 g/mol. The quantitative estimate of drug-likeness (QED) is 0.722. The van der Waals surface area contributed by atoms with Crippen LogP contribution in [0.2, 0.25) is 0 Å². The molecule has 28 heavy (non-hydrogen) atoms. The number of rotatable bonds is 6. The fourth-order valence-corrected chi connectivity index (χ4v) is 2.35. The molecule has 0 unspecified atom stereocenters. The molecule has 0 saturated heterocycles. The summed E-state index contributed by atoms with van der Waals surface area (Å²) in [6, 6.07) is 5.96. The van der Waals surface area contributed by atoms with E-state index >= 15 is 0 Å². The molecule has 1 heterocycles. The summed E-state index contributed by atoms with van der Waals surface area (Å²) >= 11 is 0. The number of hydrogen-bond acceptors (Lipinski definition) is 4. The Kier molecular flexibility index (Phi) is 5.88. The van der Waals surface area contributed by atoms with Crippen LogP contribution in [-0.4, -0.2) is 35.2 Å². The fourth-order valence-electron chi connectivity index (χ4n) is 2.35. The van der Waals surface area contributed by atoms with Gasteiger partial charge in [-0.25, -0.2) is 9.37 Å². The highest BCUT2D eigenvalue weighted by Gasteiger charge is 2.73. The molecule has 0 aliphatic carbocycles. The van der Waals surface area contributed by atoms with Gasteiger partial charge in [-0.05, 0) is 5.56 Å². The van der Waals surface area contributed by atoms with Gasteiger partial charge in [-0.1, -0.05) is 30.3 Å². The SMILES string of the molecule is COc1cc(CNC(=O)[C@](O)(c2ccccc2)C(F)(F)C(F)(F)F)c(F)cn1. The van der Waals surface area contributed by atoms with Gasteiger partial charge in [-0.15, -0.1) is 0 Å².